The van der Waals surface area contributed by atoms with Gasteiger partial charge in [0.2, 0.25) is 5.91 Å². The minimum Gasteiger partial charge on any atom is -0.481 e. The standard InChI is InChI=1S/C14H14ClNO2/c1-2-7-18-13-5-3-12(4-6-13)16-10-11(9-15)8-14(16)17/h1,3-6,11H,7-10H2. The summed E-state index contributed by atoms with van der Waals surface area (Å²) in [4.78, 5) is 13.6. The van der Waals surface area contributed by atoms with Crippen molar-refractivity contribution in [2.45, 2.75) is 6.42 Å². The third kappa shape index (κ3) is 2.77. The Morgan fingerprint density at radius 1 is 1.44 bits per heavy atom. The molecule has 1 aliphatic rings. The van der Waals surface area contributed by atoms with Crippen molar-refractivity contribution in [3.8, 4) is 18.1 Å². The number of halogens is 1. The number of benzene rings is 1. The van der Waals surface area contributed by atoms with Gasteiger partial charge in [0.05, 0.1) is 0 Å². The molecule has 94 valence electrons. The second-order valence-electron chi connectivity index (χ2n) is 4.22. The van der Waals surface area contributed by atoms with Crippen LogP contribution < -0.4 is 9.64 Å². The van der Waals surface area contributed by atoms with Crippen molar-refractivity contribution in [1.29, 1.82) is 0 Å². The Kier molecular flexibility index (Phi) is 4.11. The molecule has 1 heterocycles. The number of carbonyl (C=O) groups is 1. The smallest absolute Gasteiger partial charge is 0.227 e. The van der Waals surface area contributed by atoms with E-state index in [2.05, 4.69) is 5.92 Å². The van der Waals surface area contributed by atoms with Crippen molar-refractivity contribution < 1.29 is 9.53 Å². The lowest BCUT2D eigenvalue weighted by atomic mass is 10.1. The Bertz CT molecular complexity index is 464. The van der Waals surface area contributed by atoms with Crippen LogP contribution in [0, 0.1) is 18.3 Å². The average molecular weight is 264 g/mol. The molecule has 18 heavy (non-hydrogen) atoms. The molecule has 1 aromatic rings. The van der Waals surface area contributed by atoms with E-state index in [1.807, 2.05) is 24.3 Å². The first-order valence-electron chi connectivity index (χ1n) is 5.77. The van der Waals surface area contributed by atoms with Gasteiger partial charge in [0.1, 0.15) is 12.4 Å². The fourth-order valence-corrected chi connectivity index (χ4v) is 2.19. The maximum atomic E-state index is 11.8. The van der Waals surface area contributed by atoms with E-state index >= 15 is 0 Å². The molecular weight excluding hydrogens is 250 g/mol. The van der Waals surface area contributed by atoms with E-state index in [1.54, 1.807) is 4.90 Å². The summed E-state index contributed by atoms with van der Waals surface area (Å²) in [5.41, 5.74) is 0.876. The zero-order valence-electron chi connectivity index (χ0n) is 9.93. The average Bonchev–Trinajstić information content (AvgIpc) is 2.78. The molecule has 0 N–H and O–H groups in total. The molecule has 4 heteroatoms. The number of anilines is 1. The maximum absolute atomic E-state index is 11.8. The lowest BCUT2D eigenvalue weighted by Gasteiger charge is -2.16. The fourth-order valence-electron chi connectivity index (χ4n) is 1.98. The lowest BCUT2D eigenvalue weighted by molar-refractivity contribution is -0.117. The van der Waals surface area contributed by atoms with Gasteiger partial charge >= 0.3 is 0 Å². The zero-order valence-corrected chi connectivity index (χ0v) is 10.7. The fraction of sp³-hybridized carbons (Fsp3) is 0.357. The topological polar surface area (TPSA) is 29.5 Å². The van der Waals surface area contributed by atoms with Crippen molar-refractivity contribution in [1.82, 2.24) is 0 Å². The number of ether oxygens (including phenoxy) is 1. The molecule has 1 aromatic carbocycles. The second kappa shape index (κ2) is 5.79. The summed E-state index contributed by atoms with van der Waals surface area (Å²) in [6.45, 7) is 0.934. The number of hydrogen-bond acceptors (Lipinski definition) is 2. The summed E-state index contributed by atoms with van der Waals surface area (Å²) in [6.07, 6.45) is 5.64. The van der Waals surface area contributed by atoms with E-state index in [9.17, 15) is 4.79 Å². The number of hydrogen-bond donors (Lipinski definition) is 0. The predicted molar refractivity (Wildman–Crippen MR) is 72.0 cm³/mol. The first-order chi connectivity index (χ1) is 8.74. The number of terminal acetylenes is 1. The quantitative estimate of drug-likeness (QED) is 0.616. The van der Waals surface area contributed by atoms with Crippen LogP contribution in [-0.2, 0) is 4.79 Å². The Morgan fingerprint density at radius 2 is 2.17 bits per heavy atom. The summed E-state index contributed by atoms with van der Waals surface area (Å²) in [5, 5.41) is 0. The van der Waals surface area contributed by atoms with Gasteiger partial charge in [-0.05, 0) is 30.2 Å². The molecule has 0 aromatic heterocycles. The molecule has 0 spiro atoms. The Balaban J connectivity index is 2.06. The molecule has 1 amide bonds. The molecular formula is C14H14ClNO2. The zero-order chi connectivity index (χ0) is 13.0. The van der Waals surface area contributed by atoms with Gasteiger partial charge in [-0.15, -0.1) is 18.0 Å². The SMILES string of the molecule is C#CCOc1ccc(N2CC(CCl)CC2=O)cc1. The first kappa shape index (κ1) is 12.8. The third-order valence-electron chi connectivity index (χ3n) is 2.89. The highest BCUT2D eigenvalue weighted by Crippen LogP contribution is 2.27. The Labute approximate surface area is 112 Å². The van der Waals surface area contributed by atoms with Gasteiger partial charge in [-0.25, -0.2) is 0 Å². The van der Waals surface area contributed by atoms with Crippen LogP contribution in [0.15, 0.2) is 24.3 Å². The van der Waals surface area contributed by atoms with Crippen molar-refractivity contribution in [3.05, 3.63) is 24.3 Å². The molecule has 3 nitrogen and oxygen atoms in total. The Morgan fingerprint density at radius 3 is 2.72 bits per heavy atom. The predicted octanol–water partition coefficient (Wildman–Crippen LogP) is 2.29. The highest BCUT2D eigenvalue weighted by Gasteiger charge is 2.29. The van der Waals surface area contributed by atoms with Gasteiger partial charge in [0.25, 0.3) is 0 Å². The number of alkyl halides is 1. The van der Waals surface area contributed by atoms with Crippen molar-refractivity contribution in [3.63, 3.8) is 0 Å². The number of nitrogens with zero attached hydrogens (tertiary/aromatic N) is 1. The molecule has 1 aliphatic heterocycles. The summed E-state index contributed by atoms with van der Waals surface area (Å²) in [5.74, 6) is 4.00. The van der Waals surface area contributed by atoms with Crippen LogP contribution >= 0.6 is 11.6 Å². The molecule has 1 unspecified atom stereocenters. The maximum Gasteiger partial charge on any atom is 0.227 e. The van der Waals surface area contributed by atoms with Crippen molar-refractivity contribution in [2.75, 3.05) is 23.9 Å². The normalized spacial score (nSPS) is 18.8. The number of rotatable bonds is 4. The highest BCUT2D eigenvalue weighted by atomic mass is 35.5. The number of carbonyl (C=O) groups excluding carboxylic acids is 1. The van der Waals surface area contributed by atoms with Gasteiger partial charge in [0, 0.05) is 24.5 Å². The van der Waals surface area contributed by atoms with Crippen LogP contribution in [-0.4, -0.2) is 24.9 Å². The van der Waals surface area contributed by atoms with E-state index in [-0.39, 0.29) is 18.4 Å². The molecule has 2 rings (SSSR count). The van der Waals surface area contributed by atoms with Crippen molar-refractivity contribution >= 4 is 23.2 Å². The van der Waals surface area contributed by atoms with E-state index in [0.29, 0.717) is 24.6 Å². The highest BCUT2D eigenvalue weighted by molar-refractivity contribution is 6.18. The van der Waals surface area contributed by atoms with E-state index in [4.69, 9.17) is 22.8 Å². The summed E-state index contributed by atoms with van der Waals surface area (Å²) >= 11 is 5.79. The van der Waals surface area contributed by atoms with Gasteiger partial charge in [0.15, 0.2) is 0 Å². The van der Waals surface area contributed by atoms with Gasteiger partial charge in [-0.3, -0.25) is 4.79 Å². The molecule has 1 saturated heterocycles. The third-order valence-corrected chi connectivity index (χ3v) is 3.33. The van der Waals surface area contributed by atoms with Gasteiger partial charge in [-0.2, -0.15) is 0 Å². The molecule has 0 saturated carbocycles. The minimum atomic E-state index is 0.123. The largest absolute Gasteiger partial charge is 0.481 e. The first-order valence-corrected chi connectivity index (χ1v) is 6.30. The van der Waals surface area contributed by atoms with E-state index in [1.165, 1.54) is 0 Å². The molecule has 0 aliphatic carbocycles. The summed E-state index contributed by atoms with van der Waals surface area (Å²) < 4.78 is 5.28. The van der Waals surface area contributed by atoms with E-state index < -0.39 is 0 Å². The van der Waals surface area contributed by atoms with Gasteiger partial charge < -0.3 is 9.64 Å². The van der Waals surface area contributed by atoms with Crippen molar-refractivity contribution in [2.24, 2.45) is 5.92 Å². The van der Waals surface area contributed by atoms with Crippen LogP contribution in [0.5, 0.6) is 5.75 Å². The molecule has 1 fully saturated rings. The van der Waals surface area contributed by atoms with Gasteiger partial charge in [-0.1, -0.05) is 5.92 Å². The molecule has 0 radical (unpaired) electrons. The molecule has 1 atom stereocenters. The lowest BCUT2D eigenvalue weighted by Crippen LogP contribution is -2.24. The summed E-state index contributed by atoms with van der Waals surface area (Å²) in [6, 6.07) is 7.35. The van der Waals surface area contributed by atoms with E-state index in [0.717, 1.165) is 5.69 Å². The monoisotopic (exact) mass is 263 g/mol. The molecule has 0 bridgehead atoms. The van der Waals surface area contributed by atoms with Crippen LogP contribution in [0.4, 0.5) is 5.69 Å². The summed E-state index contributed by atoms with van der Waals surface area (Å²) in [7, 11) is 0. The van der Waals surface area contributed by atoms with Crippen LogP contribution in [0.25, 0.3) is 0 Å². The number of amides is 1. The van der Waals surface area contributed by atoms with Crippen LogP contribution in [0.2, 0.25) is 0 Å². The Hall–Kier alpha value is -1.66. The second-order valence-corrected chi connectivity index (χ2v) is 4.52. The van der Waals surface area contributed by atoms with Crippen LogP contribution in [0.3, 0.4) is 0 Å². The minimum absolute atomic E-state index is 0.123. The van der Waals surface area contributed by atoms with Crippen LogP contribution in [0.1, 0.15) is 6.42 Å².